The molecule has 1 aliphatic rings. The molecule has 1 heterocycles. The maximum atomic E-state index is 12.3. The molecule has 1 amide bonds. The normalized spacial score (nSPS) is 16.6. The summed E-state index contributed by atoms with van der Waals surface area (Å²) >= 11 is 1.53. The summed E-state index contributed by atoms with van der Waals surface area (Å²) in [5, 5.41) is 4.15. The van der Waals surface area contributed by atoms with Crippen LogP contribution in [0.4, 0.5) is 5.69 Å². The highest BCUT2D eigenvalue weighted by atomic mass is 32.1. The third kappa shape index (κ3) is 2.40. The van der Waals surface area contributed by atoms with Gasteiger partial charge < -0.3 is 11.1 Å². The quantitative estimate of drug-likeness (QED) is 0.844. The van der Waals surface area contributed by atoms with E-state index in [1.807, 2.05) is 24.3 Å². The smallest absolute Gasteiger partial charge is 0.261 e. The summed E-state index contributed by atoms with van der Waals surface area (Å²) in [7, 11) is 0. The molecule has 0 spiro atoms. The van der Waals surface area contributed by atoms with E-state index in [0.717, 1.165) is 27.2 Å². The van der Waals surface area contributed by atoms with Gasteiger partial charge in [-0.25, -0.2) is 0 Å². The molecule has 20 heavy (non-hydrogen) atoms. The molecule has 1 saturated carbocycles. The number of rotatable bonds is 4. The second-order valence-electron chi connectivity index (χ2n) is 6.11. The van der Waals surface area contributed by atoms with Crippen LogP contribution in [-0.2, 0) is 0 Å². The van der Waals surface area contributed by atoms with E-state index in [4.69, 9.17) is 5.73 Å². The minimum absolute atomic E-state index is 0.0386. The maximum absolute atomic E-state index is 12.3. The molecule has 1 aromatic carbocycles. The van der Waals surface area contributed by atoms with Crippen LogP contribution in [0.25, 0.3) is 10.1 Å². The Bertz CT molecular complexity index is 656. The molecule has 3 N–H and O–H groups in total. The Labute approximate surface area is 123 Å². The largest absolute Gasteiger partial charge is 0.399 e. The first-order valence-electron chi connectivity index (χ1n) is 7.07. The minimum Gasteiger partial charge on any atom is -0.399 e. The summed E-state index contributed by atoms with van der Waals surface area (Å²) in [6, 6.07) is 7.70. The zero-order chi connectivity index (χ0) is 14.3. The Balaban J connectivity index is 1.72. The summed E-state index contributed by atoms with van der Waals surface area (Å²) < 4.78 is 1.11. The first kappa shape index (κ1) is 13.4. The van der Waals surface area contributed by atoms with Crippen LogP contribution >= 0.6 is 11.3 Å². The number of benzene rings is 1. The number of carbonyl (C=O) groups excluding carboxylic acids is 1. The monoisotopic (exact) mass is 288 g/mol. The number of fused-ring (bicyclic) bond motifs is 1. The maximum Gasteiger partial charge on any atom is 0.261 e. The van der Waals surface area contributed by atoms with E-state index in [1.165, 1.54) is 24.2 Å². The number of nitrogens with one attached hydrogen (secondary N) is 1. The Morgan fingerprint density at radius 2 is 2.15 bits per heavy atom. The van der Waals surface area contributed by atoms with E-state index < -0.39 is 0 Å². The van der Waals surface area contributed by atoms with Gasteiger partial charge in [-0.1, -0.05) is 13.8 Å². The van der Waals surface area contributed by atoms with Crippen molar-refractivity contribution in [2.75, 3.05) is 12.3 Å². The third-order valence-electron chi connectivity index (χ3n) is 4.48. The van der Waals surface area contributed by atoms with Crippen molar-refractivity contribution in [2.24, 2.45) is 11.3 Å². The van der Waals surface area contributed by atoms with Gasteiger partial charge in [0.1, 0.15) is 0 Å². The lowest BCUT2D eigenvalue weighted by Crippen LogP contribution is -2.32. The molecular weight excluding hydrogens is 268 g/mol. The summed E-state index contributed by atoms with van der Waals surface area (Å²) in [4.78, 5) is 13.0. The second-order valence-corrected chi connectivity index (χ2v) is 7.19. The van der Waals surface area contributed by atoms with Crippen molar-refractivity contribution < 1.29 is 4.79 Å². The van der Waals surface area contributed by atoms with Crippen LogP contribution in [0.1, 0.15) is 36.4 Å². The van der Waals surface area contributed by atoms with Gasteiger partial charge in [-0.05, 0) is 53.8 Å². The topological polar surface area (TPSA) is 55.1 Å². The molecule has 4 heteroatoms. The average molecular weight is 288 g/mol. The molecule has 0 unspecified atom stereocenters. The van der Waals surface area contributed by atoms with Crippen molar-refractivity contribution in [3.8, 4) is 0 Å². The van der Waals surface area contributed by atoms with Crippen LogP contribution < -0.4 is 11.1 Å². The van der Waals surface area contributed by atoms with Crippen molar-refractivity contribution in [1.29, 1.82) is 0 Å². The average Bonchev–Trinajstić information content (AvgIpc) is 3.09. The predicted octanol–water partition coefficient (Wildman–Crippen LogP) is 3.65. The molecule has 3 rings (SSSR count). The summed E-state index contributed by atoms with van der Waals surface area (Å²) in [6.07, 6.45) is 2.46. The van der Waals surface area contributed by atoms with Crippen LogP contribution in [0, 0.1) is 11.3 Å². The zero-order valence-electron chi connectivity index (χ0n) is 11.9. The number of amides is 1. The van der Waals surface area contributed by atoms with Crippen LogP contribution in [0.3, 0.4) is 0 Å². The highest BCUT2D eigenvalue weighted by molar-refractivity contribution is 7.20. The highest BCUT2D eigenvalue weighted by Crippen LogP contribution is 2.51. The predicted molar refractivity (Wildman–Crippen MR) is 85.1 cm³/mol. The van der Waals surface area contributed by atoms with Gasteiger partial charge in [-0.3, -0.25) is 4.79 Å². The number of hydrogen-bond donors (Lipinski definition) is 2. The van der Waals surface area contributed by atoms with Gasteiger partial charge in [-0.2, -0.15) is 0 Å². The first-order chi connectivity index (χ1) is 9.50. The lowest BCUT2D eigenvalue weighted by atomic mass is 9.92. The van der Waals surface area contributed by atoms with Crippen molar-refractivity contribution in [3.63, 3.8) is 0 Å². The fourth-order valence-electron chi connectivity index (χ4n) is 2.64. The number of carbonyl (C=O) groups is 1. The summed E-state index contributed by atoms with van der Waals surface area (Å²) in [5.74, 6) is 0.668. The van der Waals surface area contributed by atoms with E-state index in [0.29, 0.717) is 11.3 Å². The van der Waals surface area contributed by atoms with E-state index in [1.54, 1.807) is 0 Å². The number of thiophene rings is 1. The van der Waals surface area contributed by atoms with Crippen LogP contribution in [0.2, 0.25) is 0 Å². The van der Waals surface area contributed by atoms with Gasteiger partial charge in [-0.15, -0.1) is 11.3 Å². The number of nitrogen functional groups attached to an aromatic ring is 1. The van der Waals surface area contributed by atoms with Crippen molar-refractivity contribution >= 4 is 33.0 Å². The zero-order valence-corrected chi connectivity index (χ0v) is 12.7. The van der Waals surface area contributed by atoms with E-state index in [2.05, 4.69) is 19.2 Å². The lowest BCUT2D eigenvalue weighted by molar-refractivity contribution is 0.0944. The van der Waals surface area contributed by atoms with Crippen LogP contribution in [-0.4, -0.2) is 12.5 Å². The molecular formula is C16H20N2OS. The number of anilines is 1. The standard InChI is InChI=1S/C16H20N2OS/c1-10(2)16(5-6-16)9-18-15(19)14-8-11-7-12(17)3-4-13(11)20-14/h3-4,7-8,10H,5-6,9,17H2,1-2H3,(H,18,19). The molecule has 1 aromatic heterocycles. The lowest BCUT2D eigenvalue weighted by Gasteiger charge is -2.19. The molecule has 3 nitrogen and oxygen atoms in total. The van der Waals surface area contributed by atoms with Gasteiger partial charge in [0.05, 0.1) is 4.88 Å². The molecule has 1 aliphatic carbocycles. The van der Waals surface area contributed by atoms with Gasteiger partial charge in [0.15, 0.2) is 0 Å². The Hall–Kier alpha value is -1.55. The minimum atomic E-state index is 0.0386. The first-order valence-corrected chi connectivity index (χ1v) is 7.89. The summed E-state index contributed by atoms with van der Waals surface area (Å²) in [5.41, 5.74) is 6.85. The van der Waals surface area contributed by atoms with Crippen molar-refractivity contribution in [2.45, 2.75) is 26.7 Å². The fraction of sp³-hybridized carbons (Fsp3) is 0.438. The molecule has 0 bridgehead atoms. The third-order valence-corrected chi connectivity index (χ3v) is 5.60. The van der Waals surface area contributed by atoms with Crippen LogP contribution in [0.15, 0.2) is 24.3 Å². The molecule has 1 fully saturated rings. The summed E-state index contributed by atoms with van der Waals surface area (Å²) in [6.45, 7) is 5.27. The fourth-order valence-corrected chi connectivity index (χ4v) is 3.60. The van der Waals surface area contributed by atoms with Gasteiger partial charge in [0.2, 0.25) is 0 Å². The number of nitrogens with two attached hydrogens (primary N) is 1. The van der Waals surface area contributed by atoms with E-state index >= 15 is 0 Å². The van der Waals surface area contributed by atoms with Crippen molar-refractivity contribution in [1.82, 2.24) is 5.32 Å². The molecule has 0 atom stereocenters. The van der Waals surface area contributed by atoms with E-state index in [9.17, 15) is 4.79 Å². The van der Waals surface area contributed by atoms with E-state index in [-0.39, 0.29) is 5.91 Å². The second kappa shape index (κ2) is 4.77. The molecule has 0 radical (unpaired) electrons. The Kier molecular flexibility index (Phi) is 3.21. The Morgan fingerprint density at radius 3 is 2.80 bits per heavy atom. The van der Waals surface area contributed by atoms with Gasteiger partial charge in [0, 0.05) is 16.9 Å². The highest BCUT2D eigenvalue weighted by Gasteiger charge is 2.45. The Morgan fingerprint density at radius 1 is 1.40 bits per heavy atom. The molecule has 0 aliphatic heterocycles. The van der Waals surface area contributed by atoms with Gasteiger partial charge >= 0.3 is 0 Å². The van der Waals surface area contributed by atoms with Gasteiger partial charge in [0.25, 0.3) is 5.91 Å². The van der Waals surface area contributed by atoms with Crippen molar-refractivity contribution in [3.05, 3.63) is 29.1 Å². The molecule has 106 valence electrons. The molecule has 2 aromatic rings. The SMILES string of the molecule is CC(C)C1(CNC(=O)c2cc3cc(N)ccc3s2)CC1. The number of hydrogen-bond acceptors (Lipinski definition) is 3. The van der Waals surface area contributed by atoms with Crippen LogP contribution in [0.5, 0.6) is 0 Å². The molecule has 0 saturated heterocycles.